The Morgan fingerprint density at radius 3 is 2.53 bits per heavy atom. The van der Waals surface area contributed by atoms with Crippen LogP contribution in [0, 0.1) is 6.92 Å². The van der Waals surface area contributed by atoms with Gasteiger partial charge in [0.1, 0.15) is 11.2 Å². The predicted octanol–water partition coefficient (Wildman–Crippen LogP) is 2.99. The van der Waals surface area contributed by atoms with E-state index in [0.717, 1.165) is 10.6 Å². The van der Waals surface area contributed by atoms with Crippen LogP contribution in [-0.4, -0.2) is 39.4 Å². The molecule has 8 nitrogen and oxygen atoms in total. The lowest BCUT2D eigenvalue weighted by Crippen LogP contribution is -2.48. The van der Waals surface area contributed by atoms with Crippen molar-refractivity contribution < 1.29 is 14.4 Å². The second kappa shape index (κ2) is 7.03. The van der Waals surface area contributed by atoms with Crippen LogP contribution >= 0.6 is 11.3 Å². The average Bonchev–Trinajstić information content (AvgIpc) is 3.29. The van der Waals surface area contributed by atoms with E-state index in [4.69, 9.17) is 0 Å². The Balaban J connectivity index is 1.46. The van der Waals surface area contributed by atoms with E-state index in [0.29, 0.717) is 21.9 Å². The van der Waals surface area contributed by atoms with Gasteiger partial charge in [0, 0.05) is 24.1 Å². The molecule has 9 heteroatoms. The van der Waals surface area contributed by atoms with E-state index in [9.17, 15) is 14.4 Å². The molecule has 0 fully saturated rings. The van der Waals surface area contributed by atoms with Crippen LogP contribution in [0.25, 0.3) is 0 Å². The molecule has 0 radical (unpaired) electrons. The molecule has 150 valence electrons. The Morgan fingerprint density at radius 1 is 1.03 bits per heavy atom. The van der Waals surface area contributed by atoms with Gasteiger partial charge in [-0.3, -0.25) is 19.3 Å². The molecule has 1 aromatic heterocycles. The van der Waals surface area contributed by atoms with Crippen molar-refractivity contribution in [3.05, 3.63) is 70.2 Å². The number of hydrogen-bond acceptors (Lipinski definition) is 6. The van der Waals surface area contributed by atoms with Gasteiger partial charge in [-0.1, -0.05) is 41.7 Å². The number of para-hydroxylation sites is 1. The fraction of sp³-hybridized carbons (Fsp3) is 0.190. The highest BCUT2D eigenvalue weighted by atomic mass is 32.1. The molecule has 0 aliphatic carbocycles. The summed E-state index contributed by atoms with van der Waals surface area (Å²) in [6.07, 6.45) is -0.486. The number of nitrogens with zero attached hydrogens (tertiary/aromatic N) is 4. The lowest BCUT2D eigenvalue weighted by molar-refractivity contribution is -0.116. The molecule has 0 spiro atoms. The second-order valence-electron chi connectivity index (χ2n) is 7.08. The number of benzene rings is 2. The molecule has 3 amide bonds. The fourth-order valence-corrected chi connectivity index (χ4v) is 4.56. The van der Waals surface area contributed by atoms with E-state index in [1.54, 1.807) is 41.0 Å². The minimum Gasteiger partial charge on any atom is -0.313 e. The van der Waals surface area contributed by atoms with Gasteiger partial charge >= 0.3 is 0 Å². The van der Waals surface area contributed by atoms with Crippen molar-refractivity contribution >= 4 is 39.9 Å². The molecule has 3 aromatic rings. The molecular formula is C21H17N5O3S. The van der Waals surface area contributed by atoms with Gasteiger partial charge in [0.15, 0.2) is 0 Å². The van der Waals surface area contributed by atoms with Crippen molar-refractivity contribution in [1.29, 1.82) is 0 Å². The molecule has 3 heterocycles. The van der Waals surface area contributed by atoms with E-state index in [1.807, 2.05) is 24.3 Å². The highest BCUT2D eigenvalue weighted by molar-refractivity contribution is 7.15. The zero-order chi connectivity index (χ0) is 20.8. The molecule has 5 rings (SSSR count). The van der Waals surface area contributed by atoms with E-state index < -0.39 is 6.17 Å². The topological polar surface area (TPSA) is 95.5 Å². The summed E-state index contributed by atoms with van der Waals surface area (Å²) in [6.45, 7) is 1.97. The van der Waals surface area contributed by atoms with Gasteiger partial charge in [-0.05, 0) is 25.1 Å². The first-order valence-electron chi connectivity index (χ1n) is 9.47. The van der Waals surface area contributed by atoms with Crippen LogP contribution in [0.5, 0.6) is 0 Å². The summed E-state index contributed by atoms with van der Waals surface area (Å²) in [5.41, 5.74) is 2.39. The fourth-order valence-electron chi connectivity index (χ4n) is 3.95. The van der Waals surface area contributed by atoms with E-state index >= 15 is 0 Å². The van der Waals surface area contributed by atoms with Gasteiger partial charge in [-0.25, -0.2) is 0 Å². The summed E-state index contributed by atoms with van der Waals surface area (Å²) in [7, 11) is 0. The van der Waals surface area contributed by atoms with Gasteiger partial charge < -0.3 is 10.2 Å². The smallest absolute Gasteiger partial charge is 0.260 e. The van der Waals surface area contributed by atoms with Gasteiger partial charge in [0.05, 0.1) is 11.3 Å². The molecule has 0 saturated heterocycles. The molecule has 30 heavy (non-hydrogen) atoms. The Labute approximate surface area is 176 Å². The van der Waals surface area contributed by atoms with Crippen LogP contribution < -0.4 is 10.2 Å². The van der Waals surface area contributed by atoms with E-state index in [-0.39, 0.29) is 30.7 Å². The van der Waals surface area contributed by atoms with Crippen LogP contribution in [-0.2, 0) is 4.79 Å². The molecule has 1 atom stereocenters. The Morgan fingerprint density at radius 2 is 1.77 bits per heavy atom. The maximum absolute atomic E-state index is 13.3. The van der Waals surface area contributed by atoms with Crippen molar-refractivity contribution in [2.45, 2.75) is 19.5 Å². The number of carbonyl (C=O) groups is 3. The largest absolute Gasteiger partial charge is 0.313 e. The number of aromatic nitrogens is 2. The quantitative estimate of drug-likeness (QED) is 0.701. The zero-order valence-corrected chi connectivity index (χ0v) is 16.8. The van der Waals surface area contributed by atoms with Crippen molar-refractivity contribution in [2.24, 2.45) is 0 Å². The summed E-state index contributed by atoms with van der Waals surface area (Å²) >= 11 is 1.29. The number of anilines is 2. The minimum absolute atomic E-state index is 0.0766. The lowest BCUT2D eigenvalue weighted by atomic mass is 10.0. The van der Waals surface area contributed by atoms with Crippen LogP contribution in [0.15, 0.2) is 48.5 Å². The summed E-state index contributed by atoms with van der Waals surface area (Å²) in [4.78, 5) is 42.1. The molecule has 0 bridgehead atoms. The maximum Gasteiger partial charge on any atom is 0.260 e. The molecule has 2 aliphatic rings. The van der Waals surface area contributed by atoms with Crippen molar-refractivity contribution in [1.82, 2.24) is 15.1 Å². The lowest BCUT2D eigenvalue weighted by Gasteiger charge is -2.40. The van der Waals surface area contributed by atoms with Gasteiger partial charge in [0.25, 0.3) is 11.8 Å². The van der Waals surface area contributed by atoms with Crippen molar-refractivity contribution in [2.75, 3.05) is 16.8 Å². The van der Waals surface area contributed by atoms with Crippen molar-refractivity contribution in [3.8, 4) is 0 Å². The van der Waals surface area contributed by atoms with Gasteiger partial charge in [0.2, 0.25) is 11.0 Å². The number of carbonyl (C=O) groups excluding carboxylic acids is 3. The summed E-state index contributed by atoms with van der Waals surface area (Å²) in [5.74, 6) is -0.604. The summed E-state index contributed by atoms with van der Waals surface area (Å²) < 4.78 is 0. The number of rotatable bonds is 4. The third-order valence-electron chi connectivity index (χ3n) is 5.23. The first kappa shape index (κ1) is 18.4. The van der Waals surface area contributed by atoms with E-state index in [2.05, 4.69) is 15.5 Å². The van der Waals surface area contributed by atoms with Gasteiger partial charge in [-0.15, -0.1) is 10.2 Å². The number of amides is 3. The number of fused-ring (bicyclic) bond motifs is 5. The summed E-state index contributed by atoms with van der Waals surface area (Å²) in [5, 5.41) is 11.7. The Kier molecular flexibility index (Phi) is 4.32. The monoisotopic (exact) mass is 419 g/mol. The predicted molar refractivity (Wildman–Crippen MR) is 111 cm³/mol. The summed E-state index contributed by atoms with van der Waals surface area (Å²) in [6, 6.07) is 14.4. The van der Waals surface area contributed by atoms with Gasteiger partial charge in [-0.2, -0.15) is 0 Å². The molecule has 2 aliphatic heterocycles. The first-order valence-corrected chi connectivity index (χ1v) is 10.3. The molecule has 1 N–H and O–H groups in total. The number of aryl methyl sites for hydroxylation is 1. The number of hydrogen-bond donors (Lipinski definition) is 1. The highest BCUT2D eigenvalue weighted by Crippen LogP contribution is 2.45. The van der Waals surface area contributed by atoms with Crippen LogP contribution in [0.4, 0.5) is 10.8 Å². The van der Waals surface area contributed by atoms with Crippen molar-refractivity contribution in [3.63, 3.8) is 0 Å². The Hall–Kier alpha value is -3.59. The Bertz CT molecular complexity index is 1190. The van der Waals surface area contributed by atoms with Crippen LogP contribution in [0.2, 0.25) is 0 Å². The standard InChI is InChI=1S/C21H17N5O3S/c1-12-23-24-21(30-12)22-17(27)10-11-25-18-13-6-2-3-7-14(13)20(29)26(18)16-9-5-4-8-15(16)19(25)28/h2-9,18H,10-11H2,1H3,(H,22,24,27)/t18-/m0/s1. The zero-order valence-electron chi connectivity index (χ0n) is 16.0. The minimum atomic E-state index is -0.562. The van der Waals surface area contributed by atoms with E-state index in [1.165, 1.54) is 11.3 Å². The normalized spacial score (nSPS) is 16.9. The first-order chi connectivity index (χ1) is 14.5. The third kappa shape index (κ3) is 2.86. The maximum atomic E-state index is 13.3. The molecule has 0 saturated carbocycles. The molecule has 2 aromatic carbocycles. The third-order valence-corrected chi connectivity index (χ3v) is 5.99. The number of nitrogens with one attached hydrogen (secondary N) is 1. The average molecular weight is 419 g/mol. The van der Waals surface area contributed by atoms with Crippen LogP contribution in [0.3, 0.4) is 0 Å². The highest BCUT2D eigenvalue weighted by Gasteiger charge is 2.47. The van der Waals surface area contributed by atoms with Crippen LogP contribution in [0.1, 0.15) is 43.9 Å². The second-order valence-corrected chi connectivity index (χ2v) is 8.26. The molecule has 0 unspecified atom stereocenters. The SMILES string of the molecule is Cc1nnc(NC(=O)CCN2C(=O)c3ccccc3N3C(=O)c4ccccc4[C@@H]23)s1. The molecular weight excluding hydrogens is 402 g/mol.